The highest BCUT2D eigenvalue weighted by Crippen LogP contribution is 2.18. The lowest BCUT2D eigenvalue weighted by Crippen LogP contribution is -2.40. The van der Waals surface area contributed by atoms with Crippen LogP contribution in [-0.2, 0) is 24.4 Å². The number of aromatic nitrogens is 3. The summed E-state index contributed by atoms with van der Waals surface area (Å²) in [5.74, 6) is -0.0272. The third kappa shape index (κ3) is 3.56. The quantitative estimate of drug-likeness (QED) is 0.723. The molecule has 2 aromatic heterocycles. The molecule has 0 aliphatic carbocycles. The SMILES string of the molecule is O=C(c1cc2n(n1)CCN(Cc1cc(=O)c3ccccc3[nH]1)C2)N1CCOCC1. The number of nitrogens with zero attached hydrogens (tertiary/aromatic N) is 4. The molecule has 2 aliphatic heterocycles. The number of nitrogens with one attached hydrogen (secondary N) is 1. The highest BCUT2D eigenvalue weighted by molar-refractivity contribution is 5.92. The molecule has 0 unspecified atom stereocenters. The Balaban J connectivity index is 1.32. The number of hydrogen-bond donors (Lipinski definition) is 1. The third-order valence-corrected chi connectivity index (χ3v) is 5.58. The summed E-state index contributed by atoms with van der Waals surface area (Å²) < 4.78 is 7.25. The minimum absolute atomic E-state index is 0.0272. The molecular formula is C21H23N5O3. The molecule has 3 aromatic rings. The van der Waals surface area contributed by atoms with Gasteiger partial charge >= 0.3 is 0 Å². The number of amides is 1. The van der Waals surface area contributed by atoms with Gasteiger partial charge in [-0.25, -0.2) is 0 Å². The van der Waals surface area contributed by atoms with Gasteiger partial charge < -0.3 is 14.6 Å². The van der Waals surface area contributed by atoms with Gasteiger partial charge in [0.05, 0.1) is 25.5 Å². The standard InChI is InChI=1S/C21H23N5O3/c27-20-11-15(22-18-4-2-1-3-17(18)20)13-24-5-6-26-16(14-24)12-19(23-26)21(28)25-7-9-29-10-8-25/h1-4,11-12H,5-10,13-14H2,(H,22,27). The molecule has 1 fully saturated rings. The van der Waals surface area contributed by atoms with Crippen LogP contribution >= 0.6 is 0 Å². The summed E-state index contributed by atoms with van der Waals surface area (Å²) in [7, 11) is 0. The first-order chi connectivity index (χ1) is 14.2. The number of ether oxygens (including phenoxy) is 1. The third-order valence-electron chi connectivity index (χ3n) is 5.58. The number of benzene rings is 1. The molecule has 4 heterocycles. The molecule has 1 aromatic carbocycles. The Labute approximate surface area is 167 Å². The first-order valence-electron chi connectivity index (χ1n) is 9.94. The smallest absolute Gasteiger partial charge is 0.274 e. The van der Waals surface area contributed by atoms with E-state index in [0.717, 1.165) is 30.0 Å². The first kappa shape index (κ1) is 18.1. The molecule has 0 bridgehead atoms. The topological polar surface area (TPSA) is 83.5 Å². The molecule has 29 heavy (non-hydrogen) atoms. The molecule has 1 N–H and O–H groups in total. The van der Waals surface area contributed by atoms with E-state index in [1.165, 1.54) is 0 Å². The van der Waals surface area contributed by atoms with Gasteiger partial charge in [0.1, 0.15) is 0 Å². The van der Waals surface area contributed by atoms with Crippen molar-refractivity contribution in [2.45, 2.75) is 19.6 Å². The van der Waals surface area contributed by atoms with E-state index >= 15 is 0 Å². The summed E-state index contributed by atoms with van der Waals surface area (Å²) in [6, 6.07) is 11.1. The molecule has 8 heteroatoms. The maximum absolute atomic E-state index is 12.7. The minimum Gasteiger partial charge on any atom is -0.378 e. The van der Waals surface area contributed by atoms with Crippen LogP contribution in [0, 0.1) is 0 Å². The van der Waals surface area contributed by atoms with Gasteiger partial charge in [-0.1, -0.05) is 12.1 Å². The van der Waals surface area contributed by atoms with Crippen molar-refractivity contribution < 1.29 is 9.53 Å². The van der Waals surface area contributed by atoms with Gasteiger partial charge in [0.2, 0.25) is 0 Å². The predicted octanol–water partition coefficient (Wildman–Crippen LogP) is 1.21. The van der Waals surface area contributed by atoms with Crippen molar-refractivity contribution in [3.05, 3.63) is 63.7 Å². The number of H-pyrrole nitrogens is 1. The van der Waals surface area contributed by atoms with Crippen LogP contribution in [0.3, 0.4) is 0 Å². The normalized spacial score (nSPS) is 17.4. The second-order valence-corrected chi connectivity index (χ2v) is 7.56. The molecule has 1 amide bonds. The lowest BCUT2D eigenvalue weighted by Gasteiger charge is -2.27. The van der Waals surface area contributed by atoms with Crippen LogP contribution in [0.25, 0.3) is 10.9 Å². The van der Waals surface area contributed by atoms with E-state index in [9.17, 15) is 9.59 Å². The maximum Gasteiger partial charge on any atom is 0.274 e. The Hall–Kier alpha value is -2.97. The summed E-state index contributed by atoms with van der Waals surface area (Å²) in [6.45, 7) is 5.27. The van der Waals surface area contributed by atoms with E-state index in [2.05, 4.69) is 15.0 Å². The number of carbonyl (C=O) groups excluding carboxylic acids is 1. The van der Waals surface area contributed by atoms with E-state index in [4.69, 9.17) is 4.74 Å². The van der Waals surface area contributed by atoms with Crippen molar-refractivity contribution >= 4 is 16.8 Å². The average Bonchev–Trinajstić information content (AvgIpc) is 3.17. The molecule has 0 radical (unpaired) electrons. The number of carbonyl (C=O) groups is 1. The van der Waals surface area contributed by atoms with Crippen molar-refractivity contribution in [3.63, 3.8) is 0 Å². The summed E-state index contributed by atoms with van der Waals surface area (Å²) in [4.78, 5) is 32.5. The Morgan fingerprint density at radius 1 is 1.10 bits per heavy atom. The Morgan fingerprint density at radius 3 is 2.79 bits per heavy atom. The molecule has 0 saturated carbocycles. The number of rotatable bonds is 3. The maximum atomic E-state index is 12.7. The van der Waals surface area contributed by atoms with Gasteiger partial charge in [-0.3, -0.25) is 19.2 Å². The van der Waals surface area contributed by atoms with Crippen molar-refractivity contribution in [2.75, 3.05) is 32.8 Å². The fraction of sp³-hybridized carbons (Fsp3) is 0.381. The van der Waals surface area contributed by atoms with Crippen molar-refractivity contribution in [2.24, 2.45) is 0 Å². The largest absolute Gasteiger partial charge is 0.378 e. The summed E-state index contributed by atoms with van der Waals surface area (Å²) >= 11 is 0. The molecule has 0 spiro atoms. The summed E-state index contributed by atoms with van der Waals surface area (Å²) in [5, 5.41) is 5.23. The van der Waals surface area contributed by atoms with Gasteiger partial charge in [-0.2, -0.15) is 5.10 Å². The van der Waals surface area contributed by atoms with Crippen LogP contribution in [0.4, 0.5) is 0 Å². The zero-order valence-electron chi connectivity index (χ0n) is 16.1. The fourth-order valence-electron chi connectivity index (χ4n) is 4.07. The van der Waals surface area contributed by atoms with Gasteiger partial charge in [0, 0.05) is 55.4 Å². The van der Waals surface area contributed by atoms with Crippen LogP contribution in [0.2, 0.25) is 0 Å². The number of fused-ring (bicyclic) bond motifs is 2. The average molecular weight is 393 g/mol. The van der Waals surface area contributed by atoms with Crippen LogP contribution in [-0.4, -0.2) is 63.3 Å². The van der Waals surface area contributed by atoms with E-state index in [1.807, 2.05) is 35.0 Å². The molecule has 0 atom stereocenters. The van der Waals surface area contributed by atoms with E-state index in [-0.39, 0.29) is 11.3 Å². The number of para-hydroxylation sites is 1. The van der Waals surface area contributed by atoms with Crippen LogP contribution in [0.15, 0.2) is 41.2 Å². The summed E-state index contributed by atoms with van der Waals surface area (Å²) in [6.07, 6.45) is 0. The summed E-state index contributed by atoms with van der Waals surface area (Å²) in [5.41, 5.74) is 3.32. The molecule has 2 aliphatic rings. The molecule has 8 nitrogen and oxygen atoms in total. The fourth-order valence-corrected chi connectivity index (χ4v) is 4.07. The Kier molecular flexibility index (Phi) is 4.65. The zero-order chi connectivity index (χ0) is 19.8. The van der Waals surface area contributed by atoms with Gasteiger partial charge in [0.25, 0.3) is 5.91 Å². The zero-order valence-corrected chi connectivity index (χ0v) is 16.1. The highest BCUT2D eigenvalue weighted by atomic mass is 16.5. The van der Waals surface area contributed by atoms with E-state index < -0.39 is 0 Å². The molecular weight excluding hydrogens is 370 g/mol. The second-order valence-electron chi connectivity index (χ2n) is 7.56. The molecule has 1 saturated heterocycles. The lowest BCUT2D eigenvalue weighted by molar-refractivity contribution is 0.0298. The minimum atomic E-state index is -0.0272. The molecule has 150 valence electrons. The lowest BCUT2D eigenvalue weighted by atomic mass is 10.2. The van der Waals surface area contributed by atoms with Gasteiger partial charge in [0.15, 0.2) is 11.1 Å². The number of aromatic amines is 1. The Bertz CT molecular complexity index is 1110. The number of hydrogen-bond acceptors (Lipinski definition) is 5. The van der Waals surface area contributed by atoms with E-state index in [0.29, 0.717) is 50.5 Å². The number of pyridine rings is 1. The van der Waals surface area contributed by atoms with Crippen LogP contribution in [0.1, 0.15) is 21.9 Å². The van der Waals surface area contributed by atoms with Crippen molar-refractivity contribution in [1.82, 2.24) is 24.6 Å². The predicted molar refractivity (Wildman–Crippen MR) is 108 cm³/mol. The number of morpholine rings is 1. The van der Waals surface area contributed by atoms with Gasteiger partial charge in [-0.05, 0) is 18.2 Å². The molecule has 5 rings (SSSR count). The van der Waals surface area contributed by atoms with Crippen molar-refractivity contribution in [3.8, 4) is 0 Å². The van der Waals surface area contributed by atoms with Crippen LogP contribution in [0.5, 0.6) is 0 Å². The van der Waals surface area contributed by atoms with Gasteiger partial charge in [-0.15, -0.1) is 0 Å². The second kappa shape index (κ2) is 7.46. The Morgan fingerprint density at radius 2 is 1.93 bits per heavy atom. The van der Waals surface area contributed by atoms with Crippen LogP contribution < -0.4 is 5.43 Å². The van der Waals surface area contributed by atoms with Crippen molar-refractivity contribution in [1.29, 1.82) is 0 Å². The monoisotopic (exact) mass is 393 g/mol. The van der Waals surface area contributed by atoms with E-state index in [1.54, 1.807) is 11.0 Å². The first-order valence-corrected chi connectivity index (χ1v) is 9.94. The highest BCUT2D eigenvalue weighted by Gasteiger charge is 2.25.